The van der Waals surface area contributed by atoms with E-state index in [2.05, 4.69) is 15.0 Å². The maximum atomic E-state index is 13.4. The van der Waals surface area contributed by atoms with Crippen LogP contribution in [-0.2, 0) is 58.2 Å². The van der Waals surface area contributed by atoms with E-state index in [9.17, 15) is 23.7 Å². The number of hydrogen-bond donors (Lipinski definition) is 2. The van der Waals surface area contributed by atoms with Crippen molar-refractivity contribution < 1.29 is 66.3 Å². The molecule has 0 saturated carbocycles. The summed E-state index contributed by atoms with van der Waals surface area (Å²) in [7, 11) is -4.36. The maximum Gasteiger partial charge on any atom is 0.510 e. The highest BCUT2D eigenvalue weighted by Gasteiger charge is 2.30. The molecule has 19 nitrogen and oxygen atoms in total. The van der Waals surface area contributed by atoms with Gasteiger partial charge in [0.25, 0.3) is 0 Å². The molecule has 2 rings (SSSR count). The fraction of sp³-hybridized carbons (Fsp3) is 0.522. The Kier molecular flexibility index (Phi) is 13.8. The highest BCUT2D eigenvalue weighted by atomic mass is 31.2. The smallest absolute Gasteiger partial charge is 0.478 e. The molecule has 0 bridgehead atoms. The summed E-state index contributed by atoms with van der Waals surface area (Å²) in [6.45, 7) is 3.90. The average Bonchev–Trinajstić information content (AvgIpc) is 3.32. The predicted octanol–water partition coefficient (Wildman–Crippen LogP) is 2.20. The van der Waals surface area contributed by atoms with Crippen LogP contribution in [0.3, 0.4) is 0 Å². The third kappa shape index (κ3) is 13.0. The van der Waals surface area contributed by atoms with Crippen LogP contribution in [0.5, 0.6) is 0 Å². The number of imidazole rings is 1. The summed E-state index contributed by atoms with van der Waals surface area (Å²) in [5, 5.41) is 8.71. The molecule has 43 heavy (non-hydrogen) atoms. The number of hydrogen-bond acceptors (Lipinski definition) is 17. The molecule has 2 heterocycles. The highest BCUT2D eigenvalue weighted by molar-refractivity contribution is 7.53. The Labute approximate surface area is 244 Å². The number of carbonyl (C=O) groups excluding carboxylic acids is 3. The summed E-state index contributed by atoms with van der Waals surface area (Å²) < 4.78 is 54.9. The van der Waals surface area contributed by atoms with E-state index in [1.807, 2.05) is 0 Å². The lowest BCUT2D eigenvalue weighted by Crippen LogP contribution is -2.28. The van der Waals surface area contributed by atoms with Gasteiger partial charge in [0.1, 0.15) is 30.9 Å². The van der Waals surface area contributed by atoms with Gasteiger partial charge in [0.2, 0.25) is 13.6 Å². The van der Waals surface area contributed by atoms with E-state index >= 15 is 0 Å². The number of aromatic nitrogens is 4. The van der Waals surface area contributed by atoms with Crippen molar-refractivity contribution in [2.24, 2.45) is 0 Å². The SMILES string of the molecule is CC(C)OC(=O)OCOP(=O)(CO[C@H](COC(=O)/C=C/C(=O)O)Cn1cnc2c(N)ncnc21)OCOC(=O)OC(C)C. The number of esters is 1. The van der Waals surface area contributed by atoms with Crippen LogP contribution in [0.2, 0.25) is 0 Å². The summed E-state index contributed by atoms with van der Waals surface area (Å²) in [6.07, 6.45) is -1.38. The second-order valence-electron chi connectivity index (χ2n) is 8.77. The molecule has 2 aromatic rings. The Hall–Kier alpha value is -4.32. The summed E-state index contributed by atoms with van der Waals surface area (Å²) in [6, 6.07) is 0. The molecular formula is C23H32N5O14P. The van der Waals surface area contributed by atoms with E-state index < -0.39 is 76.7 Å². The summed E-state index contributed by atoms with van der Waals surface area (Å²) >= 11 is 0. The normalized spacial score (nSPS) is 12.4. The maximum absolute atomic E-state index is 13.4. The number of carbonyl (C=O) groups is 4. The van der Waals surface area contributed by atoms with Crippen LogP contribution < -0.4 is 5.73 Å². The first-order valence-corrected chi connectivity index (χ1v) is 14.2. The summed E-state index contributed by atoms with van der Waals surface area (Å²) in [5.74, 6) is -2.28. The largest absolute Gasteiger partial charge is 0.510 e. The molecule has 2 aromatic heterocycles. The molecule has 0 amide bonds. The van der Waals surface area contributed by atoms with Crippen LogP contribution in [0.25, 0.3) is 11.2 Å². The molecule has 0 saturated heterocycles. The number of nitrogen functional groups attached to an aromatic ring is 1. The number of rotatable bonds is 17. The van der Waals surface area contributed by atoms with Gasteiger partial charge in [-0.25, -0.2) is 34.1 Å². The Morgan fingerprint density at radius 3 is 2.12 bits per heavy atom. The second kappa shape index (κ2) is 17.0. The van der Waals surface area contributed by atoms with Crippen molar-refractivity contribution >= 4 is 48.8 Å². The first kappa shape index (κ1) is 34.9. The fourth-order valence-electron chi connectivity index (χ4n) is 2.84. The first-order valence-electron chi connectivity index (χ1n) is 12.4. The Morgan fingerprint density at radius 2 is 1.56 bits per heavy atom. The zero-order valence-corrected chi connectivity index (χ0v) is 24.5. The van der Waals surface area contributed by atoms with Gasteiger partial charge < -0.3 is 43.8 Å². The second-order valence-corrected chi connectivity index (χ2v) is 10.8. The zero-order chi connectivity index (χ0) is 32.0. The molecule has 20 heteroatoms. The number of nitrogens with zero attached hydrogens (tertiary/aromatic N) is 4. The van der Waals surface area contributed by atoms with Gasteiger partial charge in [-0.3, -0.25) is 13.6 Å². The molecule has 0 aliphatic rings. The van der Waals surface area contributed by atoms with E-state index in [0.717, 1.165) is 0 Å². The molecule has 0 unspecified atom stereocenters. The van der Waals surface area contributed by atoms with Crippen LogP contribution in [0.15, 0.2) is 24.8 Å². The standard InChI is InChI=1S/C23H32N5O14P/c1-14(2)41-22(32)36-11-39-43(34,40-12-37-23(33)42-15(3)4)13-38-16(8-35-18(31)6-5-17(29)30)7-28-10-27-19-20(24)25-9-26-21(19)28/h5-6,9-10,14-16H,7-8,11-13H2,1-4H3,(H,29,30)(H2,24,25,26)/b6-5+/t16-/m0/s1. The Bertz CT molecular complexity index is 1300. The molecule has 0 aliphatic heterocycles. The zero-order valence-electron chi connectivity index (χ0n) is 23.6. The van der Waals surface area contributed by atoms with Gasteiger partial charge in [-0.05, 0) is 27.7 Å². The van der Waals surface area contributed by atoms with Crippen LogP contribution in [0.4, 0.5) is 15.4 Å². The van der Waals surface area contributed by atoms with Crippen molar-refractivity contribution in [3.8, 4) is 0 Å². The van der Waals surface area contributed by atoms with Crippen molar-refractivity contribution in [1.29, 1.82) is 0 Å². The molecule has 0 spiro atoms. The van der Waals surface area contributed by atoms with Crippen LogP contribution in [-0.4, -0.2) is 93.7 Å². The molecule has 0 fully saturated rings. The lowest BCUT2D eigenvalue weighted by molar-refractivity contribution is -0.142. The summed E-state index contributed by atoms with van der Waals surface area (Å²) in [4.78, 5) is 58.1. The fourth-order valence-corrected chi connectivity index (χ4v) is 3.88. The van der Waals surface area contributed by atoms with E-state index in [-0.39, 0.29) is 17.9 Å². The number of ether oxygens (including phenoxy) is 6. The van der Waals surface area contributed by atoms with Crippen molar-refractivity contribution in [3.05, 3.63) is 24.8 Å². The Balaban J connectivity index is 2.18. The minimum atomic E-state index is -4.36. The molecule has 0 radical (unpaired) electrons. The number of carboxylic acids is 1. The van der Waals surface area contributed by atoms with Crippen molar-refractivity contribution in [3.63, 3.8) is 0 Å². The Morgan fingerprint density at radius 1 is 0.953 bits per heavy atom. The topological polar surface area (TPSA) is 249 Å². The molecule has 0 aromatic carbocycles. The van der Waals surface area contributed by atoms with Gasteiger partial charge in [-0.2, -0.15) is 0 Å². The van der Waals surface area contributed by atoms with Crippen LogP contribution in [0.1, 0.15) is 27.7 Å². The number of fused-ring (bicyclic) bond motifs is 1. The summed E-state index contributed by atoms with van der Waals surface area (Å²) in [5.41, 5.74) is 6.39. The van der Waals surface area contributed by atoms with Crippen molar-refractivity contribution in [1.82, 2.24) is 19.5 Å². The van der Waals surface area contributed by atoms with Crippen LogP contribution >= 0.6 is 7.60 Å². The van der Waals surface area contributed by atoms with E-state index in [1.54, 1.807) is 27.7 Å². The van der Waals surface area contributed by atoms with Gasteiger partial charge in [0, 0.05) is 12.2 Å². The first-order chi connectivity index (χ1) is 20.3. The molecule has 238 valence electrons. The number of nitrogens with two attached hydrogens (primary N) is 1. The number of anilines is 1. The molecular weight excluding hydrogens is 601 g/mol. The third-order valence-electron chi connectivity index (χ3n) is 4.59. The minimum absolute atomic E-state index is 0.102. The van der Waals surface area contributed by atoms with Crippen molar-refractivity contribution in [2.45, 2.75) is 52.6 Å². The number of carboxylic acid groups (broad SMARTS) is 1. The van der Waals surface area contributed by atoms with Gasteiger partial charge in [0.05, 0.1) is 25.1 Å². The molecule has 1 atom stereocenters. The van der Waals surface area contributed by atoms with Gasteiger partial charge in [0.15, 0.2) is 11.5 Å². The van der Waals surface area contributed by atoms with Gasteiger partial charge >= 0.3 is 31.8 Å². The van der Waals surface area contributed by atoms with E-state index in [0.29, 0.717) is 17.8 Å². The van der Waals surface area contributed by atoms with E-state index in [1.165, 1.54) is 17.2 Å². The van der Waals surface area contributed by atoms with E-state index in [4.69, 9.17) is 48.3 Å². The lowest BCUT2D eigenvalue weighted by atomic mass is 10.3. The van der Waals surface area contributed by atoms with Crippen LogP contribution in [0, 0.1) is 0 Å². The quantitative estimate of drug-likeness (QED) is 0.0832. The van der Waals surface area contributed by atoms with Crippen molar-refractivity contribution in [2.75, 3.05) is 32.3 Å². The minimum Gasteiger partial charge on any atom is -0.478 e. The molecule has 0 aliphatic carbocycles. The average molecular weight is 634 g/mol. The predicted molar refractivity (Wildman–Crippen MR) is 142 cm³/mol. The molecule has 3 N–H and O–H groups in total. The number of aliphatic carboxylic acids is 1. The monoisotopic (exact) mass is 633 g/mol. The third-order valence-corrected chi connectivity index (χ3v) is 6.05. The highest BCUT2D eigenvalue weighted by Crippen LogP contribution is 2.48. The van der Waals surface area contributed by atoms with Gasteiger partial charge in [-0.1, -0.05) is 0 Å². The van der Waals surface area contributed by atoms with Gasteiger partial charge in [-0.15, -0.1) is 0 Å². The lowest BCUT2D eigenvalue weighted by Gasteiger charge is -2.23.